The van der Waals surface area contributed by atoms with E-state index in [4.69, 9.17) is 4.74 Å². The number of rotatable bonds is 4. The third-order valence-electron chi connectivity index (χ3n) is 2.16. The van der Waals surface area contributed by atoms with E-state index >= 15 is 0 Å². The Hall–Kier alpha value is -0.610. The number of carbonyl (C=O) groups excluding carboxylic acids is 1. The van der Waals surface area contributed by atoms with Crippen LogP contribution in [0.25, 0.3) is 0 Å². The molecular formula is C11H22O4. The van der Waals surface area contributed by atoms with E-state index in [0.29, 0.717) is 0 Å². The number of hydrogen-bond donors (Lipinski definition) is 2. The first-order valence-electron chi connectivity index (χ1n) is 5.21. The van der Waals surface area contributed by atoms with Crippen LogP contribution in [-0.2, 0) is 9.53 Å². The highest BCUT2D eigenvalue weighted by atomic mass is 16.6. The minimum atomic E-state index is -0.861. The van der Waals surface area contributed by atoms with Gasteiger partial charge in [-0.1, -0.05) is 6.92 Å². The van der Waals surface area contributed by atoms with Gasteiger partial charge in [-0.3, -0.25) is 4.79 Å². The molecule has 2 N–H and O–H groups in total. The van der Waals surface area contributed by atoms with E-state index in [1.54, 1.807) is 34.6 Å². The first kappa shape index (κ1) is 14.4. The van der Waals surface area contributed by atoms with Gasteiger partial charge in [-0.25, -0.2) is 0 Å². The van der Waals surface area contributed by atoms with Gasteiger partial charge in [-0.05, 0) is 27.7 Å². The number of esters is 1. The summed E-state index contributed by atoms with van der Waals surface area (Å²) in [6.07, 6.45) is -1.58. The van der Waals surface area contributed by atoms with E-state index in [-0.39, 0.29) is 12.3 Å². The smallest absolute Gasteiger partial charge is 0.308 e. The van der Waals surface area contributed by atoms with Crippen molar-refractivity contribution < 1.29 is 19.7 Å². The van der Waals surface area contributed by atoms with Crippen LogP contribution in [-0.4, -0.2) is 34.0 Å². The molecule has 0 fully saturated rings. The quantitative estimate of drug-likeness (QED) is 0.693. The van der Waals surface area contributed by atoms with Crippen LogP contribution in [0.1, 0.15) is 41.0 Å². The monoisotopic (exact) mass is 218 g/mol. The molecule has 0 aliphatic rings. The number of aliphatic hydroxyl groups excluding tert-OH is 2. The average molecular weight is 218 g/mol. The van der Waals surface area contributed by atoms with Gasteiger partial charge in [-0.2, -0.15) is 0 Å². The Bertz CT molecular complexity index is 205. The molecule has 0 saturated carbocycles. The number of hydrogen-bond acceptors (Lipinski definition) is 4. The third-order valence-corrected chi connectivity index (χ3v) is 2.16. The summed E-state index contributed by atoms with van der Waals surface area (Å²) in [4.78, 5) is 11.3. The maximum Gasteiger partial charge on any atom is 0.308 e. The lowest BCUT2D eigenvalue weighted by Crippen LogP contribution is -2.32. The van der Waals surface area contributed by atoms with Crippen molar-refractivity contribution in [1.29, 1.82) is 0 Å². The summed E-state index contributed by atoms with van der Waals surface area (Å²) in [6.45, 7) is 8.60. The highest BCUT2D eigenvalue weighted by Crippen LogP contribution is 2.15. The lowest BCUT2D eigenvalue weighted by Gasteiger charge is -2.23. The molecule has 0 aromatic heterocycles. The molecule has 0 saturated heterocycles. The van der Waals surface area contributed by atoms with Crippen LogP contribution in [0.5, 0.6) is 0 Å². The molecular weight excluding hydrogens is 196 g/mol. The maximum atomic E-state index is 11.3. The molecule has 0 aromatic rings. The summed E-state index contributed by atoms with van der Waals surface area (Å²) in [6, 6.07) is 0. The van der Waals surface area contributed by atoms with Gasteiger partial charge in [0.1, 0.15) is 5.60 Å². The van der Waals surface area contributed by atoms with E-state index in [1.165, 1.54) is 0 Å². The van der Waals surface area contributed by atoms with E-state index in [1.807, 2.05) is 0 Å². The summed E-state index contributed by atoms with van der Waals surface area (Å²) in [5.41, 5.74) is -0.537. The highest BCUT2D eigenvalue weighted by Gasteiger charge is 2.24. The molecule has 0 aliphatic carbocycles. The summed E-state index contributed by atoms with van der Waals surface area (Å²) >= 11 is 0. The normalized spacial score (nSPS) is 18.1. The standard InChI is InChI=1S/C11H22O4/c1-7(8(2)12)9(13)6-10(14)15-11(3,4)5/h7-9,12-13H,6H2,1-5H3/t7-,8+,9-/m0/s1. The fourth-order valence-corrected chi connectivity index (χ4v) is 1.06. The van der Waals surface area contributed by atoms with Crippen LogP contribution in [0.4, 0.5) is 0 Å². The Kier molecular flexibility index (Phi) is 5.24. The summed E-state index contributed by atoms with van der Waals surface area (Å²) < 4.78 is 5.06. The van der Waals surface area contributed by atoms with Crippen LogP contribution >= 0.6 is 0 Å². The molecule has 0 rings (SSSR count). The zero-order valence-electron chi connectivity index (χ0n) is 10.2. The van der Waals surface area contributed by atoms with Crippen molar-refractivity contribution in [3.63, 3.8) is 0 Å². The van der Waals surface area contributed by atoms with E-state index in [0.717, 1.165) is 0 Å². The number of ether oxygens (including phenoxy) is 1. The first-order valence-corrected chi connectivity index (χ1v) is 5.21. The Morgan fingerprint density at radius 2 is 1.73 bits per heavy atom. The summed E-state index contributed by atoms with van der Waals surface area (Å²) in [5.74, 6) is -0.778. The maximum absolute atomic E-state index is 11.3. The first-order chi connectivity index (χ1) is 6.63. The fraction of sp³-hybridized carbons (Fsp3) is 0.909. The van der Waals surface area contributed by atoms with Crippen LogP contribution in [0, 0.1) is 5.92 Å². The van der Waals surface area contributed by atoms with Crippen LogP contribution in [0.3, 0.4) is 0 Å². The predicted molar refractivity (Wildman–Crippen MR) is 57.3 cm³/mol. The van der Waals surface area contributed by atoms with Gasteiger partial charge in [0.15, 0.2) is 0 Å². The molecule has 0 radical (unpaired) electrons. The van der Waals surface area contributed by atoms with Crippen molar-refractivity contribution in [3.05, 3.63) is 0 Å². The minimum absolute atomic E-state index is 0.0800. The molecule has 90 valence electrons. The van der Waals surface area contributed by atoms with Gasteiger partial charge in [0.05, 0.1) is 18.6 Å². The largest absolute Gasteiger partial charge is 0.460 e. The van der Waals surface area contributed by atoms with Gasteiger partial charge in [0.25, 0.3) is 0 Å². The minimum Gasteiger partial charge on any atom is -0.460 e. The Morgan fingerprint density at radius 1 is 1.27 bits per heavy atom. The van der Waals surface area contributed by atoms with E-state index < -0.39 is 23.8 Å². The van der Waals surface area contributed by atoms with Crippen LogP contribution in [0.2, 0.25) is 0 Å². The second-order valence-corrected chi connectivity index (χ2v) is 4.96. The van der Waals surface area contributed by atoms with Crippen LogP contribution in [0.15, 0.2) is 0 Å². The van der Waals surface area contributed by atoms with Crippen molar-refractivity contribution in [1.82, 2.24) is 0 Å². The lowest BCUT2D eigenvalue weighted by molar-refractivity contribution is -0.158. The average Bonchev–Trinajstić information content (AvgIpc) is 1.98. The predicted octanol–water partition coefficient (Wildman–Crippen LogP) is 1.10. The highest BCUT2D eigenvalue weighted by molar-refractivity contribution is 5.70. The molecule has 0 spiro atoms. The summed E-state index contributed by atoms with van der Waals surface area (Å²) in [5, 5.41) is 18.8. The zero-order valence-corrected chi connectivity index (χ0v) is 10.2. The number of aliphatic hydroxyl groups is 2. The van der Waals surface area contributed by atoms with Gasteiger partial charge < -0.3 is 14.9 Å². The van der Waals surface area contributed by atoms with Gasteiger partial charge in [0, 0.05) is 5.92 Å². The molecule has 15 heavy (non-hydrogen) atoms. The van der Waals surface area contributed by atoms with Crippen molar-refractivity contribution in [2.75, 3.05) is 0 Å². The zero-order chi connectivity index (χ0) is 12.2. The van der Waals surface area contributed by atoms with Crippen molar-refractivity contribution in [3.8, 4) is 0 Å². The third kappa shape index (κ3) is 6.47. The lowest BCUT2D eigenvalue weighted by atomic mass is 9.97. The molecule has 0 amide bonds. The molecule has 4 nitrogen and oxygen atoms in total. The molecule has 0 aliphatic heterocycles. The second kappa shape index (κ2) is 5.47. The van der Waals surface area contributed by atoms with E-state index in [9.17, 15) is 15.0 Å². The number of carbonyl (C=O) groups is 1. The SMILES string of the molecule is C[C@@H]([C@@H](C)O)[C@@H](O)CC(=O)OC(C)(C)C. The van der Waals surface area contributed by atoms with Crippen molar-refractivity contribution in [2.24, 2.45) is 5.92 Å². The molecule has 0 bridgehead atoms. The topological polar surface area (TPSA) is 66.8 Å². The van der Waals surface area contributed by atoms with Crippen LogP contribution < -0.4 is 0 Å². The van der Waals surface area contributed by atoms with Gasteiger partial charge in [-0.15, -0.1) is 0 Å². The Balaban J connectivity index is 4.08. The van der Waals surface area contributed by atoms with Crippen molar-refractivity contribution in [2.45, 2.75) is 58.8 Å². The Labute approximate surface area is 91.3 Å². The Morgan fingerprint density at radius 3 is 2.07 bits per heavy atom. The van der Waals surface area contributed by atoms with Gasteiger partial charge in [0.2, 0.25) is 0 Å². The van der Waals surface area contributed by atoms with E-state index in [2.05, 4.69) is 0 Å². The van der Waals surface area contributed by atoms with Gasteiger partial charge >= 0.3 is 5.97 Å². The molecule has 0 unspecified atom stereocenters. The fourth-order valence-electron chi connectivity index (χ4n) is 1.06. The summed E-state index contributed by atoms with van der Waals surface area (Å²) in [7, 11) is 0. The molecule has 0 aromatic carbocycles. The molecule has 0 heterocycles. The molecule has 4 heteroatoms. The molecule has 3 atom stereocenters. The second-order valence-electron chi connectivity index (χ2n) is 4.96. The van der Waals surface area contributed by atoms with Crippen molar-refractivity contribution >= 4 is 5.97 Å².